The van der Waals surface area contributed by atoms with Crippen LogP contribution in [-0.2, 0) is 10.0 Å². The van der Waals surface area contributed by atoms with E-state index >= 15 is 0 Å². The highest BCUT2D eigenvalue weighted by Crippen LogP contribution is 2.19. The van der Waals surface area contributed by atoms with E-state index in [-0.39, 0.29) is 10.9 Å². The third-order valence-corrected chi connectivity index (χ3v) is 4.87. The van der Waals surface area contributed by atoms with E-state index in [4.69, 9.17) is 0 Å². The third-order valence-electron chi connectivity index (χ3n) is 3.33. The van der Waals surface area contributed by atoms with Crippen LogP contribution in [0.4, 0.5) is 0 Å². The molecule has 1 unspecified atom stereocenters. The van der Waals surface area contributed by atoms with E-state index in [0.717, 1.165) is 11.1 Å². The van der Waals surface area contributed by atoms with Gasteiger partial charge in [0.2, 0.25) is 10.0 Å². The summed E-state index contributed by atoms with van der Waals surface area (Å²) in [5, 5.41) is 0. The summed E-state index contributed by atoms with van der Waals surface area (Å²) < 4.78 is 27.6. The van der Waals surface area contributed by atoms with Crippen LogP contribution in [0.25, 0.3) is 11.0 Å². The van der Waals surface area contributed by atoms with Crippen LogP contribution in [-0.4, -0.2) is 18.4 Å². The number of fused-ring (bicyclic) bond motifs is 1. The summed E-state index contributed by atoms with van der Waals surface area (Å²) in [5.41, 5.74) is 2.36. The first-order valence-electron chi connectivity index (χ1n) is 6.57. The van der Waals surface area contributed by atoms with Gasteiger partial charge in [-0.05, 0) is 30.7 Å². The van der Waals surface area contributed by atoms with Gasteiger partial charge in [0.1, 0.15) is 0 Å². The Morgan fingerprint density at radius 2 is 1.90 bits per heavy atom. The van der Waals surface area contributed by atoms with Crippen LogP contribution >= 0.6 is 0 Å². The lowest BCUT2D eigenvalue weighted by Crippen LogP contribution is -2.26. The average molecular weight is 301 g/mol. The quantitative estimate of drug-likeness (QED) is 0.778. The van der Waals surface area contributed by atoms with Crippen molar-refractivity contribution in [3.05, 3.63) is 60.4 Å². The Hall–Kier alpha value is -2.18. The van der Waals surface area contributed by atoms with Crippen molar-refractivity contribution in [2.24, 2.45) is 0 Å². The highest BCUT2D eigenvalue weighted by molar-refractivity contribution is 7.89. The number of benzene rings is 2. The third kappa shape index (κ3) is 2.81. The molecule has 1 atom stereocenters. The van der Waals surface area contributed by atoms with Gasteiger partial charge in [0.05, 0.1) is 22.3 Å². The molecule has 3 rings (SSSR count). The Morgan fingerprint density at radius 1 is 1.14 bits per heavy atom. The molecule has 1 heterocycles. The molecule has 21 heavy (non-hydrogen) atoms. The summed E-state index contributed by atoms with van der Waals surface area (Å²) >= 11 is 0. The topological polar surface area (TPSA) is 74.8 Å². The number of hydrogen-bond donors (Lipinski definition) is 2. The van der Waals surface area contributed by atoms with Crippen LogP contribution in [0.1, 0.15) is 18.5 Å². The maximum absolute atomic E-state index is 12.4. The lowest BCUT2D eigenvalue weighted by Gasteiger charge is -2.14. The molecule has 0 aliphatic carbocycles. The fraction of sp³-hybridized carbons (Fsp3) is 0.133. The van der Waals surface area contributed by atoms with Gasteiger partial charge in [0.25, 0.3) is 0 Å². The fourth-order valence-electron chi connectivity index (χ4n) is 2.19. The molecule has 1 aromatic heterocycles. The second-order valence-electron chi connectivity index (χ2n) is 4.84. The van der Waals surface area contributed by atoms with E-state index in [1.54, 1.807) is 24.5 Å². The van der Waals surface area contributed by atoms with Gasteiger partial charge in [-0.2, -0.15) is 0 Å². The zero-order valence-corrected chi connectivity index (χ0v) is 12.3. The predicted octanol–water partition coefficient (Wildman–Crippen LogP) is 2.60. The van der Waals surface area contributed by atoms with Crippen molar-refractivity contribution >= 4 is 21.1 Å². The summed E-state index contributed by atoms with van der Waals surface area (Å²) in [4.78, 5) is 7.22. The van der Waals surface area contributed by atoms with Crippen molar-refractivity contribution in [1.82, 2.24) is 14.7 Å². The normalized spacial score (nSPS) is 13.4. The minimum Gasteiger partial charge on any atom is -0.345 e. The first kappa shape index (κ1) is 13.8. The first-order valence-corrected chi connectivity index (χ1v) is 8.05. The molecule has 0 saturated carbocycles. The Morgan fingerprint density at radius 3 is 2.67 bits per heavy atom. The number of aromatic amines is 1. The van der Waals surface area contributed by atoms with Gasteiger partial charge in [0.15, 0.2) is 0 Å². The Bertz CT molecular complexity index is 857. The molecule has 0 spiro atoms. The van der Waals surface area contributed by atoms with E-state index in [1.165, 1.54) is 0 Å². The molecule has 5 nitrogen and oxygen atoms in total. The summed E-state index contributed by atoms with van der Waals surface area (Å²) in [7, 11) is -3.57. The van der Waals surface area contributed by atoms with Crippen LogP contribution < -0.4 is 4.72 Å². The highest BCUT2D eigenvalue weighted by Gasteiger charge is 2.18. The molecule has 0 aliphatic heterocycles. The lowest BCUT2D eigenvalue weighted by molar-refractivity contribution is 0.567. The monoisotopic (exact) mass is 301 g/mol. The molecule has 0 saturated heterocycles. The number of rotatable bonds is 4. The molecule has 0 radical (unpaired) electrons. The number of sulfonamides is 1. The first-order chi connectivity index (χ1) is 10.1. The average Bonchev–Trinajstić information content (AvgIpc) is 2.95. The van der Waals surface area contributed by atoms with E-state index in [0.29, 0.717) is 5.52 Å². The Balaban J connectivity index is 1.89. The number of nitrogens with zero attached hydrogens (tertiary/aromatic N) is 1. The van der Waals surface area contributed by atoms with Crippen molar-refractivity contribution in [3.8, 4) is 0 Å². The number of aromatic nitrogens is 2. The van der Waals surface area contributed by atoms with Gasteiger partial charge >= 0.3 is 0 Å². The van der Waals surface area contributed by atoms with E-state index in [2.05, 4.69) is 14.7 Å². The molecular formula is C15H15N3O2S. The fourth-order valence-corrected chi connectivity index (χ4v) is 3.45. The number of nitrogens with one attached hydrogen (secondary N) is 2. The molecule has 2 aromatic carbocycles. The summed E-state index contributed by atoms with van der Waals surface area (Å²) in [5.74, 6) is 0. The van der Waals surface area contributed by atoms with Crippen LogP contribution in [0.2, 0.25) is 0 Å². The molecule has 3 aromatic rings. The van der Waals surface area contributed by atoms with Crippen molar-refractivity contribution in [3.63, 3.8) is 0 Å². The van der Waals surface area contributed by atoms with Gasteiger partial charge in [0, 0.05) is 6.04 Å². The smallest absolute Gasteiger partial charge is 0.241 e. The molecule has 0 bridgehead atoms. The molecule has 0 amide bonds. The van der Waals surface area contributed by atoms with E-state index in [1.807, 2.05) is 37.3 Å². The zero-order valence-electron chi connectivity index (χ0n) is 11.4. The minimum atomic E-state index is -3.57. The number of imidazole rings is 1. The van der Waals surface area contributed by atoms with Crippen molar-refractivity contribution in [2.75, 3.05) is 0 Å². The highest BCUT2D eigenvalue weighted by atomic mass is 32.2. The minimum absolute atomic E-state index is 0.224. The van der Waals surface area contributed by atoms with Crippen LogP contribution in [0.3, 0.4) is 0 Å². The summed E-state index contributed by atoms with van der Waals surface area (Å²) in [6.45, 7) is 1.82. The molecule has 108 valence electrons. The molecule has 6 heteroatoms. The second-order valence-corrected chi connectivity index (χ2v) is 6.55. The SMILES string of the molecule is CC(NS(=O)(=O)c1ccc2nc[nH]c2c1)c1ccccc1. The van der Waals surface area contributed by atoms with Gasteiger partial charge in [-0.1, -0.05) is 30.3 Å². The maximum atomic E-state index is 12.4. The Labute approximate surface area is 123 Å². The largest absolute Gasteiger partial charge is 0.345 e. The number of hydrogen-bond acceptors (Lipinski definition) is 3. The lowest BCUT2D eigenvalue weighted by atomic mass is 10.1. The molecule has 0 aliphatic rings. The maximum Gasteiger partial charge on any atom is 0.241 e. The van der Waals surface area contributed by atoms with Crippen LogP contribution in [0.15, 0.2) is 59.8 Å². The Kier molecular flexibility index (Phi) is 3.48. The van der Waals surface area contributed by atoms with E-state index < -0.39 is 10.0 Å². The molecule has 0 fully saturated rings. The standard InChI is InChI=1S/C15H15N3O2S/c1-11(12-5-3-2-4-6-12)18-21(19,20)13-7-8-14-15(9-13)17-10-16-14/h2-11,18H,1H3,(H,16,17). The van der Waals surface area contributed by atoms with Crippen LogP contribution in [0.5, 0.6) is 0 Å². The van der Waals surface area contributed by atoms with Gasteiger partial charge in [-0.15, -0.1) is 0 Å². The predicted molar refractivity (Wildman–Crippen MR) is 81.3 cm³/mol. The van der Waals surface area contributed by atoms with Gasteiger partial charge < -0.3 is 4.98 Å². The van der Waals surface area contributed by atoms with Gasteiger partial charge in [-0.25, -0.2) is 18.1 Å². The zero-order chi connectivity index (χ0) is 14.9. The van der Waals surface area contributed by atoms with Crippen molar-refractivity contribution in [2.45, 2.75) is 17.9 Å². The molecule has 2 N–H and O–H groups in total. The second kappa shape index (κ2) is 5.31. The van der Waals surface area contributed by atoms with Crippen molar-refractivity contribution in [1.29, 1.82) is 0 Å². The summed E-state index contributed by atoms with van der Waals surface area (Å²) in [6, 6.07) is 14.0. The number of H-pyrrole nitrogens is 1. The van der Waals surface area contributed by atoms with Crippen molar-refractivity contribution < 1.29 is 8.42 Å². The molecular weight excluding hydrogens is 286 g/mol. The summed E-state index contributed by atoms with van der Waals surface area (Å²) in [6.07, 6.45) is 1.54. The van der Waals surface area contributed by atoms with Gasteiger partial charge in [-0.3, -0.25) is 0 Å². The van der Waals surface area contributed by atoms with Crippen LogP contribution in [0, 0.1) is 0 Å². The van der Waals surface area contributed by atoms with E-state index in [9.17, 15) is 8.42 Å².